The third kappa shape index (κ3) is 9.43. The van der Waals surface area contributed by atoms with E-state index < -0.39 is 0 Å². The number of guanidine groups is 1. The Morgan fingerprint density at radius 1 is 1.07 bits per heavy atom. The maximum atomic E-state index is 12.0. The van der Waals surface area contributed by atoms with Crippen molar-refractivity contribution in [2.24, 2.45) is 4.99 Å². The van der Waals surface area contributed by atoms with E-state index in [4.69, 9.17) is 4.74 Å². The highest BCUT2D eigenvalue weighted by Crippen LogP contribution is 2.23. The second-order valence-corrected chi connectivity index (χ2v) is 7.44. The van der Waals surface area contributed by atoms with Gasteiger partial charge in [0.1, 0.15) is 11.4 Å². The van der Waals surface area contributed by atoms with Gasteiger partial charge in [0.2, 0.25) is 0 Å². The highest BCUT2D eigenvalue weighted by Gasteiger charge is 2.14. The third-order valence-electron chi connectivity index (χ3n) is 3.77. The Labute approximate surface area is 196 Å². The summed E-state index contributed by atoms with van der Waals surface area (Å²) in [6, 6.07) is 11.4. The minimum Gasteiger partial charge on any atom is -0.488 e. The van der Waals surface area contributed by atoms with Crippen LogP contribution in [-0.2, 0) is 6.54 Å². The summed E-state index contributed by atoms with van der Waals surface area (Å²) in [5.74, 6) is 1.38. The molecule has 0 saturated heterocycles. The van der Waals surface area contributed by atoms with E-state index in [1.807, 2.05) is 52.0 Å². The largest absolute Gasteiger partial charge is 0.488 e. The molecular formula is C22H32IN5O2. The highest BCUT2D eigenvalue weighted by molar-refractivity contribution is 14.0. The molecule has 2 rings (SSSR count). The summed E-state index contributed by atoms with van der Waals surface area (Å²) in [5, 5.41) is 9.31. The van der Waals surface area contributed by atoms with Gasteiger partial charge in [0, 0.05) is 37.6 Å². The number of para-hydroxylation sites is 1. The van der Waals surface area contributed by atoms with E-state index in [1.54, 1.807) is 24.5 Å². The zero-order valence-corrected chi connectivity index (χ0v) is 20.4. The van der Waals surface area contributed by atoms with Crippen LogP contribution in [0.4, 0.5) is 0 Å². The van der Waals surface area contributed by atoms with Crippen molar-refractivity contribution >= 4 is 35.8 Å². The second kappa shape index (κ2) is 13.0. The molecule has 1 aromatic carbocycles. The Hall–Kier alpha value is -2.36. The molecule has 1 amide bonds. The first-order valence-electron chi connectivity index (χ1n) is 9.86. The highest BCUT2D eigenvalue weighted by atomic mass is 127. The lowest BCUT2D eigenvalue weighted by Crippen LogP contribution is -2.41. The number of benzene rings is 1. The Kier molecular flexibility index (Phi) is 11.2. The van der Waals surface area contributed by atoms with Crippen LogP contribution in [0.3, 0.4) is 0 Å². The lowest BCUT2D eigenvalue weighted by Gasteiger charge is -2.23. The van der Waals surface area contributed by atoms with Crippen LogP contribution >= 0.6 is 24.0 Å². The molecule has 0 fully saturated rings. The van der Waals surface area contributed by atoms with Crippen molar-refractivity contribution in [3.05, 3.63) is 59.9 Å². The molecule has 1 heterocycles. The normalized spacial score (nSPS) is 11.3. The molecule has 0 atom stereocenters. The van der Waals surface area contributed by atoms with Gasteiger partial charge in [-0.05, 0) is 45.9 Å². The first-order valence-corrected chi connectivity index (χ1v) is 9.86. The van der Waals surface area contributed by atoms with E-state index in [0.29, 0.717) is 31.2 Å². The Morgan fingerprint density at radius 3 is 2.47 bits per heavy atom. The van der Waals surface area contributed by atoms with E-state index in [9.17, 15) is 4.79 Å². The maximum absolute atomic E-state index is 12.0. The summed E-state index contributed by atoms with van der Waals surface area (Å²) >= 11 is 0. The number of halogens is 1. The first kappa shape index (κ1) is 25.7. The average molecular weight is 525 g/mol. The summed E-state index contributed by atoms with van der Waals surface area (Å²) in [7, 11) is 0. The van der Waals surface area contributed by atoms with Crippen LogP contribution in [0.5, 0.6) is 5.75 Å². The number of hydrogen-bond acceptors (Lipinski definition) is 4. The van der Waals surface area contributed by atoms with Crippen molar-refractivity contribution in [2.45, 2.75) is 39.8 Å². The number of hydrogen-bond donors (Lipinski definition) is 3. The number of nitrogens with zero attached hydrogens (tertiary/aromatic N) is 2. The van der Waals surface area contributed by atoms with Gasteiger partial charge in [-0.15, -0.1) is 24.0 Å². The number of nitrogens with one attached hydrogen (secondary N) is 3. The molecule has 8 heteroatoms. The van der Waals surface area contributed by atoms with Gasteiger partial charge in [0.05, 0.1) is 12.1 Å². The van der Waals surface area contributed by atoms with Crippen LogP contribution in [0, 0.1) is 0 Å². The molecule has 0 aliphatic heterocycles. The summed E-state index contributed by atoms with van der Waals surface area (Å²) in [6.45, 7) is 10.4. The topological polar surface area (TPSA) is 87.6 Å². The lowest BCUT2D eigenvalue weighted by molar-refractivity contribution is 0.0954. The van der Waals surface area contributed by atoms with Crippen molar-refractivity contribution in [2.75, 3.05) is 19.6 Å². The molecule has 0 spiro atoms. The van der Waals surface area contributed by atoms with Crippen LogP contribution in [0.1, 0.15) is 43.6 Å². The number of rotatable bonds is 8. The smallest absolute Gasteiger partial charge is 0.252 e. The molecule has 1 aromatic heterocycles. The number of carbonyl (C=O) groups is 1. The fourth-order valence-electron chi connectivity index (χ4n) is 2.53. The van der Waals surface area contributed by atoms with E-state index >= 15 is 0 Å². The summed E-state index contributed by atoms with van der Waals surface area (Å²) in [5.41, 5.74) is 1.29. The van der Waals surface area contributed by atoms with Gasteiger partial charge in [-0.3, -0.25) is 9.78 Å². The number of ether oxygens (including phenoxy) is 1. The van der Waals surface area contributed by atoms with E-state index in [0.717, 1.165) is 17.9 Å². The minimum absolute atomic E-state index is 0. The third-order valence-corrected chi connectivity index (χ3v) is 3.77. The molecule has 0 radical (unpaired) electrons. The molecule has 0 bridgehead atoms. The minimum atomic E-state index is -0.269. The molecule has 7 nitrogen and oxygen atoms in total. The van der Waals surface area contributed by atoms with E-state index in [1.165, 1.54) is 0 Å². The SMILES string of the molecule is CCNC(=NCc1ccccc1OC(C)(C)C)NCCNC(=O)c1cccnc1.I. The number of aliphatic imine (C=N–C) groups is 1. The van der Waals surface area contributed by atoms with Crippen LogP contribution in [-0.4, -0.2) is 42.1 Å². The zero-order valence-electron chi connectivity index (χ0n) is 18.1. The number of pyridine rings is 1. The standard InChI is InChI=1S/C22H31N5O2.HI/c1-5-24-21(26-14-13-25-20(28)18-10-8-12-23-15-18)27-16-17-9-6-7-11-19(17)29-22(2,3)4;/h6-12,15H,5,13-14,16H2,1-4H3,(H,25,28)(H2,24,26,27);1H. The quantitative estimate of drug-likeness (QED) is 0.213. The van der Waals surface area contributed by atoms with Crippen LogP contribution < -0.4 is 20.7 Å². The van der Waals surface area contributed by atoms with E-state index in [-0.39, 0.29) is 35.5 Å². The molecule has 0 aliphatic rings. The van der Waals surface area contributed by atoms with Crippen molar-refractivity contribution in [1.82, 2.24) is 20.9 Å². The van der Waals surface area contributed by atoms with Crippen molar-refractivity contribution in [3.8, 4) is 5.75 Å². The summed E-state index contributed by atoms with van der Waals surface area (Å²) in [6.07, 6.45) is 3.19. The fraction of sp³-hybridized carbons (Fsp3) is 0.409. The summed E-state index contributed by atoms with van der Waals surface area (Å²) < 4.78 is 6.03. The predicted octanol–water partition coefficient (Wildman–Crippen LogP) is 3.36. The van der Waals surface area contributed by atoms with Crippen molar-refractivity contribution in [1.29, 1.82) is 0 Å². The monoisotopic (exact) mass is 525 g/mol. The fourth-order valence-corrected chi connectivity index (χ4v) is 2.53. The van der Waals surface area contributed by atoms with E-state index in [2.05, 4.69) is 25.9 Å². The first-order chi connectivity index (χ1) is 13.9. The van der Waals surface area contributed by atoms with Gasteiger partial charge in [-0.2, -0.15) is 0 Å². The van der Waals surface area contributed by atoms with Crippen LogP contribution in [0.15, 0.2) is 53.8 Å². The zero-order chi connectivity index (χ0) is 21.1. The Balaban J connectivity index is 0.00000450. The summed E-state index contributed by atoms with van der Waals surface area (Å²) in [4.78, 5) is 20.6. The average Bonchev–Trinajstić information content (AvgIpc) is 2.69. The number of carbonyl (C=O) groups excluding carboxylic acids is 1. The van der Waals surface area contributed by atoms with Crippen LogP contribution in [0.25, 0.3) is 0 Å². The Morgan fingerprint density at radius 2 is 1.80 bits per heavy atom. The van der Waals surface area contributed by atoms with Gasteiger partial charge < -0.3 is 20.7 Å². The van der Waals surface area contributed by atoms with Gasteiger partial charge in [0.25, 0.3) is 5.91 Å². The van der Waals surface area contributed by atoms with Crippen molar-refractivity contribution < 1.29 is 9.53 Å². The lowest BCUT2D eigenvalue weighted by atomic mass is 10.1. The molecule has 0 unspecified atom stereocenters. The molecule has 3 N–H and O–H groups in total. The van der Waals surface area contributed by atoms with Crippen LogP contribution in [0.2, 0.25) is 0 Å². The van der Waals surface area contributed by atoms with Gasteiger partial charge in [0.15, 0.2) is 5.96 Å². The molecular weight excluding hydrogens is 493 g/mol. The van der Waals surface area contributed by atoms with Gasteiger partial charge >= 0.3 is 0 Å². The molecule has 30 heavy (non-hydrogen) atoms. The molecule has 2 aromatic rings. The maximum Gasteiger partial charge on any atom is 0.252 e. The second-order valence-electron chi connectivity index (χ2n) is 7.44. The van der Waals surface area contributed by atoms with Gasteiger partial charge in [-0.1, -0.05) is 18.2 Å². The number of amides is 1. The van der Waals surface area contributed by atoms with Crippen molar-refractivity contribution in [3.63, 3.8) is 0 Å². The predicted molar refractivity (Wildman–Crippen MR) is 132 cm³/mol. The number of aromatic nitrogens is 1. The van der Waals surface area contributed by atoms with Gasteiger partial charge in [-0.25, -0.2) is 4.99 Å². The molecule has 164 valence electrons. The molecule has 0 aliphatic carbocycles. The Bertz CT molecular complexity index is 807. The molecule has 0 saturated carbocycles.